The monoisotopic (exact) mass is 294 g/mol. The minimum absolute atomic E-state index is 0.347. The Labute approximate surface area is 131 Å². The molecule has 4 nitrogen and oxygen atoms in total. The molecule has 1 aliphatic carbocycles. The molecule has 1 saturated carbocycles. The predicted molar refractivity (Wildman–Crippen MR) is 89.2 cm³/mol. The minimum Gasteiger partial charge on any atom is -0.308 e. The molecule has 0 spiro atoms. The number of hydrogen-bond acceptors (Lipinski definition) is 4. The molecule has 0 aromatic carbocycles. The number of likely N-dealkylation sites (N-methyl/N-ethyl adjacent to an activating group) is 1. The Balaban J connectivity index is 2.77. The molecule has 1 N–H and O–H groups in total. The number of nitriles is 1. The van der Waals surface area contributed by atoms with Crippen LogP contribution in [0.3, 0.4) is 0 Å². The first-order chi connectivity index (χ1) is 9.79. The van der Waals surface area contributed by atoms with Crippen LogP contribution < -0.4 is 5.32 Å². The van der Waals surface area contributed by atoms with Crippen molar-refractivity contribution in [1.29, 1.82) is 5.26 Å². The van der Waals surface area contributed by atoms with Gasteiger partial charge in [0.1, 0.15) is 5.54 Å². The summed E-state index contributed by atoms with van der Waals surface area (Å²) in [5.74, 6) is 1.15. The maximum Gasteiger partial charge on any atom is 0.122 e. The molecule has 4 heteroatoms. The van der Waals surface area contributed by atoms with Gasteiger partial charge in [0.2, 0.25) is 0 Å². The van der Waals surface area contributed by atoms with Crippen LogP contribution >= 0.6 is 0 Å². The van der Waals surface area contributed by atoms with Crippen LogP contribution in [-0.2, 0) is 0 Å². The van der Waals surface area contributed by atoms with E-state index in [2.05, 4.69) is 63.0 Å². The fraction of sp³-hybridized carbons (Fsp3) is 0.941. The molecule has 1 aliphatic rings. The second-order valence-electron chi connectivity index (χ2n) is 7.59. The average molecular weight is 294 g/mol. The van der Waals surface area contributed by atoms with Crippen molar-refractivity contribution in [2.45, 2.75) is 52.1 Å². The van der Waals surface area contributed by atoms with E-state index in [0.29, 0.717) is 17.9 Å². The number of nitrogens with one attached hydrogen (secondary N) is 1. The zero-order chi connectivity index (χ0) is 16.0. The molecule has 0 heterocycles. The van der Waals surface area contributed by atoms with Crippen LogP contribution in [0.5, 0.6) is 0 Å². The van der Waals surface area contributed by atoms with Crippen molar-refractivity contribution < 1.29 is 0 Å². The van der Waals surface area contributed by atoms with Gasteiger partial charge in [0.25, 0.3) is 0 Å². The summed E-state index contributed by atoms with van der Waals surface area (Å²) in [7, 11) is 4.22. The Hall–Kier alpha value is -0.630. The van der Waals surface area contributed by atoms with E-state index >= 15 is 0 Å². The third kappa shape index (κ3) is 6.34. The van der Waals surface area contributed by atoms with Crippen LogP contribution in [-0.4, -0.2) is 61.7 Å². The maximum absolute atomic E-state index is 9.85. The Morgan fingerprint density at radius 3 is 2.19 bits per heavy atom. The van der Waals surface area contributed by atoms with Gasteiger partial charge in [-0.1, -0.05) is 13.8 Å². The first-order valence-corrected chi connectivity index (χ1v) is 8.35. The molecule has 122 valence electrons. The van der Waals surface area contributed by atoms with Gasteiger partial charge in [0.15, 0.2) is 0 Å². The SMILES string of the molecule is CC(C)CN(CCN(C)C)CC(C#N)(NC(C)C)C1CC1. The first-order valence-electron chi connectivity index (χ1n) is 8.35. The highest BCUT2D eigenvalue weighted by molar-refractivity contribution is 5.17. The molecule has 0 radical (unpaired) electrons. The lowest BCUT2D eigenvalue weighted by molar-refractivity contribution is 0.161. The number of rotatable bonds is 10. The summed E-state index contributed by atoms with van der Waals surface area (Å²) < 4.78 is 0. The number of nitrogens with zero attached hydrogens (tertiary/aromatic N) is 3. The lowest BCUT2D eigenvalue weighted by Gasteiger charge is -2.37. The van der Waals surface area contributed by atoms with Gasteiger partial charge in [-0.05, 0) is 52.6 Å². The second kappa shape index (κ2) is 8.12. The molecule has 0 aromatic rings. The summed E-state index contributed by atoms with van der Waals surface area (Å²) in [6, 6.07) is 2.98. The zero-order valence-electron chi connectivity index (χ0n) is 14.8. The molecule has 0 aliphatic heterocycles. The van der Waals surface area contributed by atoms with E-state index in [9.17, 15) is 5.26 Å². The average Bonchev–Trinajstić information content (AvgIpc) is 3.18. The van der Waals surface area contributed by atoms with Gasteiger partial charge in [-0.25, -0.2) is 0 Å². The minimum atomic E-state index is -0.366. The third-order valence-electron chi connectivity index (χ3n) is 3.98. The molecule has 0 aromatic heterocycles. The molecule has 1 fully saturated rings. The van der Waals surface area contributed by atoms with Crippen molar-refractivity contribution in [3.8, 4) is 6.07 Å². The van der Waals surface area contributed by atoms with Crippen molar-refractivity contribution >= 4 is 0 Å². The topological polar surface area (TPSA) is 42.3 Å². The smallest absolute Gasteiger partial charge is 0.122 e. The molecule has 1 atom stereocenters. The molecule has 21 heavy (non-hydrogen) atoms. The Bertz CT molecular complexity index is 341. The van der Waals surface area contributed by atoms with E-state index in [1.165, 1.54) is 12.8 Å². The lowest BCUT2D eigenvalue weighted by Crippen LogP contribution is -2.57. The van der Waals surface area contributed by atoms with Crippen LogP contribution in [0, 0.1) is 23.2 Å². The van der Waals surface area contributed by atoms with Crippen molar-refractivity contribution in [2.24, 2.45) is 11.8 Å². The van der Waals surface area contributed by atoms with Crippen LogP contribution in [0.4, 0.5) is 0 Å². The maximum atomic E-state index is 9.85. The third-order valence-corrected chi connectivity index (χ3v) is 3.98. The second-order valence-corrected chi connectivity index (χ2v) is 7.59. The Kier molecular flexibility index (Phi) is 7.12. The molecule has 1 rings (SSSR count). The fourth-order valence-electron chi connectivity index (χ4n) is 2.99. The van der Waals surface area contributed by atoms with Gasteiger partial charge in [-0.15, -0.1) is 0 Å². The normalized spacial score (nSPS) is 18.5. The largest absolute Gasteiger partial charge is 0.308 e. The number of hydrogen-bond donors (Lipinski definition) is 1. The summed E-state index contributed by atoms with van der Waals surface area (Å²) in [5, 5.41) is 13.4. The van der Waals surface area contributed by atoms with E-state index in [4.69, 9.17) is 0 Å². The first kappa shape index (κ1) is 18.4. The Morgan fingerprint density at radius 2 is 1.81 bits per heavy atom. The predicted octanol–water partition coefficient (Wildman–Crippen LogP) is 2.18. The summed E-state index contributed by atoms with van der Waals surface area (Å²) in [6.07, 6.45) is 2.38. The van der Waals surface area contributed by atoms with E-state index in [1.807, 2.05) is 0 Å². The van der Waals surface area contributed by atoms with Crippen LogP contribution in [0.15, 0.2) is 0 Å². The highest BCUT2D eigenvalue weighted by Crippen LogP contribution is 2.40. The Morgan fingerprint density at radius 1 is 1.19 bits per heavy atom. The molecule has 0 amide bonds. The molecule has 1 unspecified atom stereocenters. The van der Waals surface area contributed by atoms with Crippen molar-refractivity contribution in [2.75, 3.05) is 40.3 Å². The van der Waals surface area contributed by atoms with Gasteiger partial charge in [0, 0.05) is 32.2 Å². The van der Waals surface area contributed by atoms with Gasteiger partial charge in [-0.2, -0.15) is 5.26 Å². The van der Waals surface area contributed by atoms with Crippen molar-refractivity contribution in [3.05, 3.63) is 0 Å². The van der Waals surface area contributed by atoms with Gasteiger partial charge in [-0.3, -0.25) is 10.2 Å². The highest BCUT2D eigenvalue weighted by atomic mass is 15.2. The van der Waals surface area contributed by atoms with Crippen molar-refractivity contribution in [1.82, 2.24) is 15.1 Å². The summed E-state index contributed by atoms with van der Waals surface area (Å²) in [5.41, 5.74) is -0.366. The zero-order valence-corrected chi connectivity index (χ0v) is 14.8. The summed E-state index contributed by atoms with van der Waals surface area (Å²) in [4.78, 5) is 4.69. The molecule has 0 bridgehead atoms. The highest BCUT2D eigenvalue weighted by Gasteiger charge is 2.46. The fourth-order valence-corrected chi connectivity index (χ4v) is 2.99. The van der Waals surface area contributed by atoms with E-state index in [0.717, 1.165) is 26.2 Å². The van der Waals surface area contributed by atoms with Crippen LogP contribution in [0.25, 0.3) is 0 Å². The van der Waals surface area contributed by atoms with E-state index in [1.54, 1.807) is 0 Å². The van der Waals surface area contributed by atoms with Crippen LogP contribution in [0.2, 0.25) is 0 Å². The van der Waals surface area contributed by atoms with Gasteiger partial charge >= 0.3 is 0 Å². The summed E-state index contributed by atoms with van der Waals surface area (Å²) >= 11 is 0. The molecule has 0 saturated heterocycles. The quantitative estimate of drug-likeness (QED) is 0.670. The molecular weight excluding hydrogens is 260 g/mol. The molecular formula is C17H34N4. The van der Waals surface area contributed by atoms with Gasteiger partial charge < -0.3 is 4.90 Å². The van der Waals surface area contributed by atoms with E-state index in [-0.39, 0.29) is 5.54 Å². The van der Waals surface area contributed by atoms with Crippen LogP contribution in [0.1, 0.15) is 40.5 Å². The standard InChI is InChI=1S/C17H34N4/c1-14(2)11-21(10-9-20(5)6)13-17(12-18,16-7-8-16)19-15(3)4/h14-16,19H,7-11,13H2,1-6H3. The lowest BCUT2D eigenvalue weighted by atomic mass is 9.92. The van der Waals surface area contributed by atoms with Gasteiger partial charge in [0.05, 0.1) is 6.07 Å². The van der Waals surface area contributed by atoms with Crippen molar-refractivity contribution in [3.63, 3.8) is 0 Å². The van der Waals surface area contributed by atoms with E-state index < -0.39 is 0 Å². The summed E-state index contributed by atoms with van der Waals surface area (Å²) in [6.45, 7) is 12.8.